The molecule has 0 bridgehead atoms. The molecule has 0 aliphatic rings. The van der Waals surface area contributed by atoms with Crippen molar-refractivity contribution < 1.29 is 49.3 Å². The summed E-state index contributed by atoms with van der Waals surface area (Å²) in [7, 11) is 0. The monoisotopic (exact) mass is 120 g/mol. The van der Waals surface area contributed by atoms with Gasteiger partial charge in [0.1, 0.15) is 0 Å². The molecule has 0 heterocycles. The van der Waals surface area contributed by atoms with E-state index in [4.69, 9.17) is 0 Å². The fourth-order valence-corrected chi connectivity index (χ4v) is 0. The summed E-state index contributed by atoms with van der Waals surface area (Å²) in [6.45, 7) is 0. The smallest absolute Gasteiger partial charge is 0.870 e. The fraction of sp³-hybridized carbons (Fsp3) is 0. The fourth-order valence-electron chi connectivity index (χ4n) is 0. The predicted octanol–water partition coefficient (Wildman–Crippen LogP) is -0.260. The first-order valence-corrected chi connectivity index (χ1v) is 0. The molecule has 0 aromatic carbocycles. The molecule has 0 unspecified atom stereocenters. The van der Waals surface area contributed by atoms with Crippen LogP contribution in [-0.2, 0) is 21.7 Å². The molecule has 0 saturated heterocycles. The molecular weight excluding hydrogens is 112 g/mol. The van der Waals surface area contributed by atoms with Crippen molar-refractivity contribution in [3.05, 3.63) is 0 Å². The van der Waals surface area contributed by atoms with Gasteiger partial charge in [0.15, 0.2) is 0 Å². The van der Waals surface area contributed by atoms with E-state index in [2.05, 4.69) is 0 Å². The van der Waals surface area contributed by atoms with Crippen molar-refractivity contribution in [2.45, 2.75) is 0 Å². The molecule has 0 aromatic rings. The molecule has 4 N–H and O–H groups in total. The topological polar surface area (TPSA) is 120 Å². The van der Waals surface area contributed by atoms with E-state index in [0.717, 1.165) is 0 Å². The van der Waals surface area contributed by atoms with E-state index in [1.807, 2.05) is 0 Å². The van der Waals surface area contributed by atoms with Crippen LogP contribution in [0.15, 0.2) is 0 Å². The SMILES string of the molecule is [H+].[H+].[H+].[H+].[OH-].[OH-].[OH-].[OH-].[Ti]. The Morgan fingerprint density at radius 3 is 0.600 bits per heavy atom. The minimum atomic E-state index is 0. The summed E-state index contributed by atoms with van der Waals surface area (Å²) in [4.78, 5) is 0. The normalized spacial score (nSPS) is 0. The molecule has 0 aliphatic carbocycles. The molecule has 0 atom stereocenters. The Kier molecular flexibility index (Phi) is 14000. The van der Waals surface area contributed by atoms with Gasteiger partial charge in [-0.2, -0.15) is 0 Å². The van der Waals surface area contributed by atoms with Gasteiger partial charge in [0.25, 0.3) is 0 Å². The summed E-state index contributed by atoms with van der Waals surface area (Å²) < 4.78 is 0. The van der Waals surface area contributed by atoms with Crippen LogP contribution in [0.3, 0.4) is 0 Å². The molecule has 0 fully saturated rings. The summed E-state index contributed by atoms with van der Waals surface area (Å²) in [5, 5.41) is 0. The van der Waals surface area contributed by atoms with Crippen LogP contribution in [0.1, 0.15) is 5.71 Å². The van der Waals surface area contributed by atoms with Crippen molar-refractivity contribution in [1.82, 2.24) is 0 Å². The van der Waals surface area contributed by atoms with Gasteiger partial charge in [0, 0.05) is 21.7 Å². The molecule has 0 rings (SSSR count). The average Bonchev–Trinajstić information content (AvgIpc) is 0. The third-order valence-electron chi connectivity index (χ3n) is 0. The van der Waals surface area contributed by atoms with E-state index >= 15 is 0 Å². The van der Waals surface area contributed by atoms with Crippen molar-refractivity contribution in [1.29, 1.82) is 0 Å². The molecular formula is H8O4Ti. The third kappa shape index (κ3) is 96.7. The van der Waals surface area contributed by atoms with E-state index in [9.17, 15) is 0 Å². The van der Waals surface area contributed by atoms with Gasteiger partial charge in [-0.25, -0.2) is 0 Å². The summed E-state index contributed by atoms with van der Waals surface area (Å²) in [5.41, 5.74) is 0. The molecule has 5 heteroatoms. The summed E-state index contributed by atoms with van der Waals surface area (Å²) in [6, 6.07) is 0. The Labute approximate surface area is 50.2 Å². The Hall–Kier alpha value is 0.554. The first-order valence-electron chi connectivity index (χ1n) is 0. The number of hydrogen-bond donors (Lipinski definition) is 0. The van der Waals surface area contributed by atoms with Crippen molar-refractivity contribution in [3.63, 3.8) is 0 Å². The van der Waals surface area contributed by atoms with E-state index in [-0.39, 0.29) is 49.3 Å². The Morgan fingerprint density at radius 1 is 0.600 bits per heavy atom. The van der Waals surface area contributed by atoms with Crippen LogP contribution in [0.4, 0.5) is 0 Å². The summed E-state index contributed by atoms with van der Waals surface area (Å²) in [6.07, 6.45) is 0. The zero-order chi connectivity index (χ0) is 0. The van der Waals surface area contributed by atoms with Crippen molar-refractivity contribution >= 4 is 0 Å². The van der Waals surface area contributed by atoms with Gasteiger partial charge in [0.05, 0.1) is 0 Å². The Morgan fingerprint density at radius 2 is 0.600 bits per heavy atom. The van der Waals surface area contributed by atoms with Crippen LogP contribution in [0.2, 0.25) is 0 Å². The summed E-state index contributed by atoms with van der Waals surface area (Å²) in [5.74, 6) is 0. The minimum absolute atomic E-state index is 0. The standard InChI is InChI=1S/4H2O.Ti/h4*1H2;. The van der Waals surface area contributed by atoms with E-state index in [0.29, 0.717) is 0 Å². The van der Waals surface area contributed by atoms with Crippen molar-refractivity contribution in [3.8, 4) is 0 Å². The van der Waals surface area contributed by atoms with E-state index in [1.165, 1.54) is 0 Å². The van der Waals surface area contributed by atoms with Gasteiger partial charge >= 0.3 is 5.71 Å². The van der Waals surface area contributed by atoms with E-state index in [1.54, 1.807) is 0 Å². The summed E-state index contributed by atoms with van der Waals surface area (Å²) >= 11 is 0. The molecule has 0 saturated carbocycles. The van der Waals surface area contributed by atoms with E-state index < -0.39 is 0 Å². The largest absolute Gasteiger partial charge is 1.00 e. The van der Waals surface area contributed by atoms with Gasteiger partial charge in [-0.3, -0.25) is 0 Å². The van der Waals surface area contributed by atoms with Crippen LogP contribution < -0.4 is 0 Å². The maximum atomic E-state index is 0. The molecule has 0 amide bonds. The second-order valence-electron chi connectivity index (χ2n) is 0. The molecule has 0 aliphatic heterocycles. The second kappa shape index (κ2) is 187. The predicted molar refractivity (Wildman–Crippen MR) is 12.2 cm³/mol. The van der Waals surface area contributed by atoms with Crippen molar-refractivity contribution in [2.24, 2.45) is 0 Å². The zero-order valence-corrected chi connectivity index (χ0v) is 3.85. The molecule has 5 heavy (non-hydrogen) atoms. The van der Waals surface area contributed by atoms with Crippen LogP contribution in [-0.4, -0.2) is 21.9 Å². The minimum Gasteiger partial charge on any atom is -0.870 e. The third-order valence-corrected chi connectivity index (χ3v) is 0. The zero-order valence-electron chi connectivity index (χ0n) is 6.29. The Bertz CT molecular complexity index is 12.5. The maximum absolute atomic E-state index is 0. The first-order chi connectivity index (χ1) is 0. The van der Waals surface area contributed by atoms with Gasteiger partial charge in [-0.1, -0.05) is 0 Å². The van der Waals surface area contributed by atoms with Crippen LogP contribution in [0.5, 0.6) is 0 Å². The molecule has 0 aromatic heterocycles. The van der Waals surface area contributed by atoms with Gasteiger partial charge < -0.3 is 21.9 Å². The first kappa shape index (κ1) is 375. The molecule has 0 radical (unpaired) electrons. The van der Waals surface area contributed by atoms with Crippen LogP contribution in [0, 0.1) is 0 Å². The maximum Gasteiger partial charge on any atom is 1.00 e. The number of hydrogen-bond acceptors (Lipinski definition) is 4. The average molecular weight is 120 g/mol. The van der Waals surface area contributed by atoms with Crippen LogP contribution >= 0.6 is 0 Å². The Balaban J connectivity index is 0. The number of rotatable bonds is 0. The molecule has 0 spiro atoms. The quantitative estimate of drug-likeness (QED) is 0.408. The van der Waals surface area contributed by atoms with Crippen molar-refractivity contribution in [2.75, 3.05) is 0 Å². The molecule has 36 valence electrons. The second-order valence-corrected chi connectivity index (χ2v) is 0. The van der Waals surface area contributed by atoms with Gasteiger partial charge in [-0.15, -0.1) is 0 Å². The van der Waals surface area contributed by atoms with Crippen LogP contribution in [0.25, 0.3) is 0 Å². The van der Waals surface area contributed by atoms with Gasteiger partial charge in [-0.05, 0) is 0 Å². The molecule has 4 nitrogen and oxygen atoms in total. The van der Waals surface area contributed by atoms with Gasteiger partial charge in [0.2, 0.25) is 0 Å².